The van der Waals surface area contributed by atoms with Crippen LogP contribution < -0.4 is 0 Å². The highest BCUT2D eigenvalue weighted by Crippen LogP contribution is 2.48. The molecule has 1 aromatic heterocycles. The average Bonchev–Trinajstić information content (AvgIpc) is 3.02. The summed E-state index contributed by atoms with van der Waals surface area (Å²) in [5.41, 5.74) is -1.16. The number of esters is 1. The lowest BCUT2D eigenvalue weighted by molar-refractivity contribution is -0.159. The Morgan fingerprint density at radius 2 is 2.47 bits per heavy atom. The number of hydrogen-bond donors (Lipinski definition) is 0. The van der Waals surface area contributed by atoms with Crippen LogP contribution in [0.2, 0.25) is 0 Å². The Kier molecular flexibility index (Phi) is 3.88. The molecule has 0 bridgehead atoms. The zero-order chi connectivity index (χ0) is 13.9. The molecule has 0 aliphatic heterocycles. The first kappa shape index (κ1) is 13.6. The smallest absolute Gasteiger partial charge is 0.320 e. The van der Waals surface area contributed by atoms with Crippen LogP contribution in [-0.4, -0.2) is 18.4 Å². The molecule has 1 aliphatic rings. The number of rotatable bonds is 5. The van der Waals surface area contributed by atoms with Gasteiger partial charge in [0.2, 0.25) is 0 Å². The van der Waals surface area contributed by atoms with Gasteiger partial charge in [0, 0.05) is 6.42 Å². The maximum Gasteiger partial charge on any atom is 0.320 e. The summed E-state index contributed by atoms with van der Waals surface area (Å²) in [6, 6.07) is 3.50. The number of allylic oxidation sites excluding steroid dienone is 1. The minimum absolute atomic E-state index is 0.0766. The van der Waals surface area contributed by atoms with Gasteiger partial charge in [-0.05, 0) is 31.9 Å². The van der Waals surface area contributed by atoms with Gasteiger partial charge in [-0.3, -0.25) is 9.59 Å². The standard InChI is InChI=1S/C15H18O4/c1-3-11(12-7-6-10-19-12)15(14(17)18-4-2)9-5-8-13(15)16/h3,6-7,10-11H,1,4-5,8-9H2,2H3. The summed E-state index contributed by atoms with van der Waals surface area (Å²) >= 11 is 0. The Morgan fingerprint density at radius 1 is 1.68 bits per heavy atom. The third-order valence-corrected chi connectivity index (χ3v) is 3.73. The minimum Gasteiger partial charge on any atom is -0.469 e. The van der Waals surface area contributed by atoms with Gasteiger partial charge in [-0.1, -0.05) is 6.08 Å². The molecule has 1 aromatic rings. The van der Waals surface area contributed by atoms with Gasteiger partial charge >= 0.3 is 5.97 Å². The van der Waals surface area contributed by atoms with Gasteiger partial charge < -0.3 is 9.15 Å². The zero-order valence-electron chi connectivity index (χ0n) is 11.1. The third-order valence-electron chi connectivity index (χ3n) is 3.73. The summed E-state index contributed by atoms with van der Waals surface area (Å²) in [6.07, 6.45) is 4.73. The molecule has 2 rings (SSSR count). The highest BCUT2D eigenvalue weighted by atomic mass is 16.5. The van der Waals surface area contributed by atoms with E-state index in [9.17, 15) is 9.59 Å². The molecule has 0 spiro atoms. The van der Waals surface area contributed by atoms with Crippen LogP contribution in [0.1, 0.15) is 37.9 Å². The van der Waals surface area contributed by atoms with Crippen LogP contribution in [-0.2, 0) is 14.3 Å². The van der Waals surface area contributed by atoms with Crippen molar-refractivity contribution in [2.75, 3.05) is 6.61 Å². The molecular weight excluding hydrogens is 244 g/mol. The van der Waals surface area contributed by atoms with Crippen molar-refractivity contribution in [3.8, 4) is 0 Å². The fourth-order valence-electron chi connectivity index (χ4n) is 2.85. The predicted octanol–water partition coefficient (Wildman–Crippen LogP) is 2.85. The van der Waals surface area contributed by atoms with E-state index >= 15 is 0 Å². The van der Waals surface area contributed by atoms with Crippen molar-refractivity contribution in [2.24, 2.45) is 5.41 Å². The lowest BCUT2D eigenvalue weighted by atomic mass is 9.72. The normalized spacial score (nSPS) is 24.2. The summed E-state index contributed by atoms with van der Waals surface area (Å²) < 4.78 is 10.5. The molecule has 2 atom stereocenters. The lowest BCUT2D eigenvalue weighted by Crippen LogP contribution is -2.41. The van der Waals surface area contributed by atoms with E-state index in [1.54, 1.807) is 25.1 Å². The van der Waals surface area contributed by atoms with Crippen molar-refractivity contribution in [2.45, 2.75) is 32.1 Å². The van der Waals surface area contributed by atoms with Crippen molar-refractivity contribution >= 4 is 11.8 Å². The van der Waals surface area contributed by atoms with Crippen molar-refractivity contribution < 1.29 is 18.7 Å². The fraction of sp³-hybridized carbons (Fsp3) is 0.467. The quantitative estimate of drug-likeness (QED) is 0.465. The van der Waals surface area contributed by atoms with Crippen LogP contribution in [0.5, 0.6) is 0 Å². The molecule has 4 nitrogen and oxygen atoms in total. The van der Waals surface area contributed by atoms with E-state index in [1.165, 1.54) is 6.26 Å². The molecule has 4 heteroatoms. The van der Waals surface area contributed by atoms with Gasteiger partial charge in [0.15, 0.2) is 5.78 Å². The van der Waals surface area contributed by atoms with Gasteiger partial charge in [-0.2, -0.15) is 0 Å². The number of carbonyl (C=O) groups is 2. The Labute approximate surface area is 112 Å². The van der Waals surface area contributed by atoms with Crippen molar-refractivity contribution in [3.05, 3.63) is 36.8 Å². The number of hydrogen-bond acceptors (Lipinski definition) is 4. The predicted molar refractivity (Wildman–Crippen MR) is 69.6 cm³/mol. The molecule has 1 heterocycles. The number of furan rings is 1. The molecule has 0 amide bonds. The molecule has 102 valence electrons. The molecule has 1 aliphatic carbocycles. The third kappa shape index (κ3) is 2.11. The van der Waals surface area contributed by atoms with E-state index in [1.807, 2.05) is 0 Å². The summed E-state index contributed by atoms with van der Waals surface area (Å²) in [4.78, 5) is 24.7. The zero-order valence-corrected chi connectivity index (χ0v) is 11.1. The van der Waals surface area contributed by atoms with Crippen LogP contribution in [0.3, 0.4) is 0 Å². The van der Waals surface area contributed by atoms with Crippen molar-refractivity contribution in [1.82, 2.24) is 0 Å². The van der Waals surface area contributed by atoms with E-state index in [0.29, 0.717) is 25.0 Å². The summed E-state index contributed by atoms with van der Waals surface area (Å²) in [5, 5.41) is 0. The molecule has 0 radical (unpaired) electrons. The second-order valence-electron chi connectivity index (χ2n) is 4.70. The van der Waals surface area contributed by atoms with Crippen LogP contribution in [0.4, 0.5) is 0 Å². The second kappa shape index (κ2) is 5.43. The maximum absolute atomic E-state index is 12.3. The van der Waals surface area contributed by atoms with Crippen molar-refractivity contribution in [1.29, 1.82) is 0 Å². The average molecular weight is 262 g/mol. The maximum atomic E-state index is 12.3. The largest absolute Gasteiger partial charge is 0.469 e. The lowest BCUT2D eigenvalue weighted by Gasteiger charge is -2.30. The van der Waals surface area contributed by atoms with E-state index in [0.717, 1.165) is 0 Å². The summed E-state index contributed by atoms with van der Waals surface area (Å²) in [5.74, 6) is -0.416. The van der Waals surface area contributed by atoms with Crippen LogP contribution in [0.15, 0.2) is 35.5 Å². The van der Waals surface area contributed by atoms with Crippen molar-refractivity contribution in [3.63, 3.8) is 0 Å². The molecule has 0 saturated heterocycles. The van der Waals surface area contributed by atoms with E-state index in [-0.39, 0.29) is 12.4 Å². The van der Waals surface area contributed by atoms with Gasteiger partial charge in [-0.25, -0.2) is 0 Å². The fourth-order valence-corrected chi connectivity index (χ4v) is 2.85. The molecule has 1 saturated carbocycles. The first-order valence-electron chi connectivity index (χ1n) is 6.53. The number of carbonyl (C=O) groups excluding carboxylic acids is 2. The Morgan fingerprint density at radius 3 is 2.95 bits per heavy atom. The highest BCUT2D eigenvalue weighted by Gasteiger charge is 2.55. The SMILES string of the molecule is C=CC(c1ccco1)C1(C(=O)OCC)CCCC1=O. The number of Topliss-reactive ketones (excluding diaryl/α,β-unsaturated/α-hetero) is 1. The topological polar surface area (TPSA) is 56.5 Å². The van der Waals surface area contributed by atoms with Crippen LogP contribution >= 0.6 is 0 Å². The Bertz CT molecular complexity index is 474. The summed E-state index contributed by atoms with van der Waals surface area (Å²) in [6.45, 7) is 5.76. The first-order valence-corrected chi connectivity index (χ1v) is 6.53. The number of ketones is 1. The van der Waals surface area contributed by atoms with E-state index in [2.05, 4.69) is 6.58 Å². The number of ether oxygens (including phenoxy) is 1. The molecular formula is C15H18O4. The molecule has 0 aromatic carbocycles. The highest BCUT2D eigenvalue weighted by molar-refractivity contribution is 6.06. The molecule has 0 N–H and O–H groups in total. The minimum atomic E-state index is -1.16. The van der Waals surface area contributed by atoms with Gasteiger partial charge in [0.1, 0.15) is 11.2 Å². The Balaban J connectivity index is 2.45. The summed E-state index contributed by atoms with van der Waals surface area (Å²) in [7, 11) is 0. The van der Waals surface area contributed by atoms with E-state index in [4.69, 9.17) is 9.15 Å². The van der Waals surface area contributed by atoms with Gasteiger partial charge in [0.25, 0.3) is 0 Å². The first-order chi connectivity index (χ1) is 9.16. The van der Waals surface area contributed by atoms with Crippen LogP contribution in [0, 0.1) is 5.41 Å². The molecule has 19 heavy (non-hydrogen) atoms. The Hall–Kier alpha value is -1.84. The molecule has 1 fully saturated rings. The van der Waals surface area contributed by atoms with Gasteiger partial charge in [0.05, 0.1) is 18.8 Å². The van der Waals surface area contributed by atoms with Gasteiger partial charge in [-0.15, -0.1) is 6.58 Å². The molecule has 2 unspecified atom stereocenters. The monoisotopic (exact) mass is 262 g/mol. The van der Waals surface area contributed by atoms with Crippen LogP contribution in [0.25, 0.3) is 0 Å². The van der Waals surface area contributed by atoms with E-state index < -0.39 is 17.3 Å². The second-order valence-corrected chi connectivity index (χ2v) is 4.70.